The maximum Gasteiger partial charge on any atom is 0.162 e. The Kier molecular flexibility index (Phi) is 6.86. The lowest BCUT2D eigenvalue weighted by Gasteiger charge is -2.30. The summed E-state index contributed by atoms with van der Waals surface area (Å²) >= 11 is 0. The first-order chi connectivity index (χ1) is 13.5. The summed E-state index contributed by atoms with van der Waals surface area (Å²) in [4.78, 5) is 10.2. The molecule has 1 saturated heterocycles. The molecule has 0 spiro atoms. The lowest BCUT2D eigenvalue weighted by atomic mass is 10.1. The highest BCUT2D eigenvalue weighted by atomic mass is 16.6. The van der Waals surface area contributed by atoms with Gasteiger partial charge in [0.25, 0.3) is 0 Å². The molecular formula is C17H32N8O3. The first-order valence-corrected chi connectivity index (χ1v) is 9.80. The van der Waals surface area contributed by atoms with Crippen LogP contribution in [0.5, 0.6) is 0 Å². The Morgan fingerprint density at radius 3 is 2.64 bits per heavy atom. The predicted octanol–water partition coefficient (Wildman–Crippen LogP) is -1.54. The van der Waals surface area contributed by atoms with Crippen LogP contribution in [0, 0.1) is 0 Å². The van der Waals surface area contributed by atoms with Crippen LogP contribution in [0.3, 0.4) is 0 Å². The Bertz CT molecular complexity index is 651. The molecule has 28 heavy (non-hydrogen) atoms. The molecule has 0 aliphatic carbocycles. The molecule has 1 fully saturated rings. The van der Waals surface area contributed by atoms with Crippen molar-refractivity contribution in [3.63, 3.8) is 0 Å². The van der Waals surface area contributed by atoms with Gasteiger partial charge in [-0.25, -0.2) is 15.4 Å². The number of rotatable bonds is 9. The SMILES string of the molecule is C[C@H]1O[C@@H](N2CN(NC(CCN)CCCCN)c3c(N)ncnc32)C(O)C1O. The molecule has 11 nitrogen and oxygen atoms in total. The Labute approximate surface area is 164 Å². The minimum absolute atomic E-state index is 0.142. The van der Waals surface area contributed by atoms with Crippen molar-refractivity contribution in [3.05, 3.63) is 6.33 Å². The zero-order valence-electron chi connectivity index (χ0n) is 16.2. The van der Waals surface area contributed by atoms with Crippen LogP contribution in [0.4, 0.5) is 17.3 Å². The van der Waals surface area contributed by atoms with Gasteiger partial charge in [0, 0.05) is 6.04 Å². The number of nitrogens with one attached hydrogen (secondary N) is 1. The molecule has 2 aliphatic heterocycles. The third-order valence-electron chi connectivity index (χ3n) is 5.31. The monoisotopic (exact) mass is 396 g/mol. The number of hydrogen-bond donors (Lipinski definition) is 6. The van der Waals surface area contributed by atoms with Gasteiger partial charge in [-0.05, 0) is 39.3 Å². The highest BCUT2D eigenvalue weighted by molar-refractivity contribution is 5.81. The normalized spacial score (nSPS) is 28.0. The Morgan fingerprint density at radius 1 is 1.21 bits per heavy atom. The van der Waals surface area contributed by atoms with Gasteiger partial charge in [0.15, 0.2) is 17.9 Å². The number of fused-ring (bicyclic) bond motifs is 1. The molecule has 9 N–H and O–H groups in total. The van der Waals surface area contributed by atoms with Crippen LogP contribution in [0.2, 0.25) is 0 Å². The average Bonchev–Trinajstić information content (AvgIpc) is 3.15. The molecule has 158 valence electrons. The van der Waals surface area contributed by atoms with E-state index in [9.17, 15) is 10.2 Å². The quantitative estimate of drug-likeness (QED) is 0.267. The summed E-state index contributed by atoms with van der Waals surface area (Å²) in [5.41, 5.74) is 21.6. The number of hydrazine groups is 1. The number of nitrogens with two attached hydrogens (primary N) is 3. The third kappa shape index (κ3) is 4.14. The van der Waals surface area contributed by atoms with Crippen molar-refractivity contribution in [2.45, 2.75) is 63.2 Å². The minimum atomic E-state index is -1.05. The number of aliphatic hydroxyl groups is 2. The van der Waals surface area contributed by atoms with Crippen molar-refractivity contribution in [1.82, 2.24) is 15.4 Å². The largest absolute Gasteiger partial charge is 0.388 e. The number of anilines is 3. The third-order valence-corrected chi connectivity index (χ3v) is 5.31. The zero-order chi connectivity index (χ0) is 20.3. The van der Waals surface area contributed by atoms with Crippen molar-refractivity contribution < 1.29 is 14.9 Å². The number of nitrogens with zero attached hydrogens (tertiary/aromatic N) is 4. The summed E-state index contributed by atoms with van der Waals surface area (Å²) in [5.74, 6) is 0.883. The van der Waals surface area contributed by atoms with Crippen molar-refractivity contribution >= 4 is 17.3 Å². The maximum absolute atomic E-state index is 10.4. The van der Waals surface area contributed by atoms with Crippen LogP contribution in [-0.2, 0) is 4.74 Å². The maximum atomic E-state index is 10.4. The number of hydrogen-bond acceptors (Lipinski definition) is 11. The summed E-state index contributed by atoms with van der Waals surface area (Å²) < 4.78 is 5.78. The van der Waals surface area contributed by atoms with Crippen LogP contribution < -0.4 is 32.5 Å². The van der Waals surface area contributed by atoms with E-state index in [0.29, 0.717) is 37.1 Å². The van der Waals surface area contributed by atoms with E-state index in [1.54, 1.807) is 11.8 Å². The topological polar surface area (TPSA) is 172 Å². The van der Waals surface area contributed by atoms with Gasteiger partial charge >= 0.3 is 0 Å². The van der Waals surface area contributed by atoms with Crippen molar-refractivity contribution in [2.75, 3.05) is 35.4 Å². The second-order valence-corrected chi connectivity index (χ2v) is 7.37. The fourth-order valence-electron chi connectivity index (χ4n) is 3.76. The van der Waals surface area contributed by atoms with Crippen molar-refractivity contribution in [1.29, 1.82) is 0 Å². The lowest BCUT2D eigenvalue weighted by molar-refractivity contribution is 0.0149. The molecule has 2 aliphatic rings. The number of aliphatic hydroxyl groups excluding tert-OH is 2. The molecule has 11 heteroatoms. The molecule has 0 amide bonds. The number of unbranched alkanes of at least 4 members (excludes halogenated alkanes) is 1. The Morgan fingerprint density at radius 2 is 2.00 bits per heavy atom. The Hall–Kier alpha value is -1.76. The minimum Gasteiger partial charge on any atom is -0.388 e. The molecule has 0 saturated carbocycles. The molecule has 1 aromatic rings. The molecule has 0 aromatic carbocycles. The molecular weight excluding hydrogens is 364 g/mol. The molecule has 5 atom stereocenters. The van der Waals surface area contributed by atoms with Gasteiger partial charge in [-0.1, -0.05) is 6.42 Å². The van der Waals surface area contributed by atoms with E-state index in [2.05, 4.69) is 15.4 Å². The fourth-order valence-corrected chi connectivity index (χ4v) is 3.76. The number of ether oxygens (including phenoxy) is 1. The molecule has 0 radical (unpaired) electrons. The first kappa shape index (κ1) is 21.0. The molecule has 3 heterocycles. The van der Waals surface area contributed by atoms with Crippen LogP contribution in [0.1, 0.15) is 32.6 Å². The van der Waals surface area contributed by atoms with E-state index in [0.717, 1.165) is 25.7 Å². The molecule has 3 unspecified atom stereocenters. The lowest BCUT2D eigenvalue weighted by Crippen LogP contribution is -2.51. The zero-order valence-corrected chi connectivity index (χ0v) is 16.2. The summed E-state index contributed by atoms with van der Waals surface area (Å²) in [6, 6.07) is 0.142. The van der Waals surface area contributed by atoms with E-state index in [1.807, 2.05) is 5.01 Å². The van der Waals surface area contributed by atoms with Gasteiger partial charge in [-0.15, -0.1) is 0 Å². The van der Waals surface area contributed by atoms with Gasteiger partial charge in [0.2, 0.25) is 0 Å². The standard InChI is InChI=1S/C17H32N8O3/c1-10-13(26)14(27)17(28-10)24-9-25(12-15(20)21-8-22-16(12)24)23-11(5-7-19)4-2-3-6-18/h8,10-11,13-14,17,23,26-27H,2-7,9,18-19H2,1H3,(H2,20,21,22)/t10-,11?,13?,14?,17-/m1/s1. The number of nitrogen functional groups attached to an aromatic ring is 1. The average molecular weight is 396 g/mol. The van der Waals surface area contributed by atoms with E-state index in [4.69, 9.17) is 21.9 Å². The second kappa shape index (κ2) is 9.16. The van der Waals surface area contributed by atoms with E-state index >= 15 is 0 Å². The second-order valence-electron chi connectivity index (χ2n) is 7.37. The van der Waals surface area contributed by atoms with Gasteiger partial charge in [-0.2, -0.15) is 0 Å². The highest BCUT2D eigenvalue weighted by Crippen LogP contribution is 2.40. The van der Waals surface area contributed by atoms with Crippen LogP contribution in [-0.4, -0.2) is 70.5 Å². The fraction of sp³-hybridized carbons (Fsp3) is 0.765. The van der Waals surface area contributed by atoms with Crippen molar-refractivity contribution in [3.8, 4) is 0 Å². The van der Waals surface area contributed by atoms with Gasteiger partial charge in [0.05, 0.1) is 6.10 Å². The summed E-state index contributed by atoms with van der Waals surface area (Å²) in [6.07, 6.45) is 1.82. The summed E-state index contributed by atoms with van der Waals surface area (Å²) in [5, 5.41) is 22.4. The van der Waals surface area contributed by atoms with Crippen LogP contribution in [0.25, 0.3) is 0 Å². The molecule has 3 rings (SSSR count). The summed E-state index contributed by atoms with van der Waals surface area (Å²) in [7, 11) is 0. The predicted molar refractivity (Wildman–Crippen MR) is 106 cm³/mol. The van der Waals surface area contributed by atoms with E-state index in [-0.39, 0.29) is 6.04 Å². The first-order valence-electron chi connectivity index (χ1n) is 9.80. The van der Waals surface area contributed by atoms with Crippen LogP contribution in [0.15, 0.2) is 6.33 Å². The highest BCUT2D eigenvalue weighted by Gasteiger charge is 2.47. The Balaban J connectivity index is 1.80. The van der Waals surface area contributed by atoms with E-state index in [1.165, 1.54) is 6.33 Å². The van der Waals surface area contributed by atoms with Gasteiger partial charge in [0.1, 0.15) is 30.9 Å². The smallest absolute Gasteiger partial charge is 0.162 e. The number of aromatic nitrogens is 2. The molecule has 1 aromatic heterocycles. The van der Waals surface area contributed by atoms with Crippen molar-refractivity contribution in [2.24, 2.45) is 11.5 Å². The van der Waals surface area contributed by atoms with Crippen LogP contribution >= 0.6 is 0 Å². The van der Waals surface area contributed by atoms with E-state index < -0.39 is 24.5 Å². The van der Waals surface area contributed by atoms with Gasteiger partial charge in [-0.3, -0.25) is 5.01 Å². The van der Waals surface area contributed by atoms with Gasteiger partial charge < -0.3 is 37.1 Å². The molecule has 0 bridgehead atoms. The summed E-state index contributed by atoms with van der Waals surface area (Å²) in [6.45, 7) is 3.29.